The molecule has 0 spiro atoms. The first-order valence-corrected chi connectivity index (χ1v) is 8.22. The van der Waals surface area contributed by atoms with Crippen LogP contribution in [0.3, 0.4) is 0 Å². The quantitative estimate of drug-likeness (QED) is 0.737. The molecular formula is C18H23Cl2N5O. The number of aromatic nitrogens is 3. The monoisotopic (exact) mass is 395 g/mol. The zero-order valence-electron chi connectivity index (χ0n) is 14.5. The number of ether oxygens (including phenoxy) is 1. The molecule has 0 bridgehead atoms. The number of nitrogens with zero attached hydrogens (tertiary/aromatic N) is 4. The molecule has 3 heterocycles. The second kappa shape index (κ2) is 8.68. The molecule has 1 fully saturated rings. The van der Waals surface area contributed by atoms with Crippen molar-refractivity contribution in [3.05, 3.63) is 48.3 Å². The largest absolute Gasteiger partial charge is 0.373 e. The number of hydrogen-bond donors (Lipinski definition) is 1. The molecule has 0 radical (unpaired) electrons. The number of fused-ring (bicyclic) bond motifs is 1. The van der Waals surface area contributed by atoms with Crippen molar-refractivity contribution in [2.75, 3.05) is 31.1 Å². The fourth-order valence-electron chi connectivity index (χ4n) is 3.12. The lowest BCUT2D eigenvalue weighted by molar-refractivity contribution is 0.0463. The van der Waals surface area contributed by atoms with Crippen molar-refractivity contribution in [1.29, 1.82) is 0 Å². The van der Waals surface area contributed by atoms with Crippen LogP contribution in [-0.4, -0.2) is 47.1 Å². The smallest absolute Gasteiger partial charge is 0.159 e. The van der Waals surface area contributed by atoms with Crippen LogP contribution in [0.2, 0.25) is 0 Å². The van der Waals surface area contributed by atoms with E-state index in [2.05, 4.69) is 41.1 Å². The molecule has 1 aromatic carbocycles. The topological polar surface area (TPSA) is 69.2 Å². The van der Waals surface area contributed by atoms with E-state index in [1.165, 1.54) is 5.56 Å². The van der Waals surface area contributed by atoms with Crippen molar-refractivity contribution in [1.82, 2.24) is 14.8 Å². The second-order valence-electron chi connectivity index (χ2n) is 6.14. The normalized spacial score (nSPS) is 16.8. The predicted octanol–water partition coefficient (Wildman–Crippen LogP) is 2.74. The highest BCUT2D eigenvalue weighted by Crippen LogP contribution is 2.29. The molecule has 26 heavy (non-hydrogen) atoms. The highest BCUT2D eigenvalue weighted by molar-refractivity contribution is 5.91. The van der Waals surface area contributed by atoms with E-state index in [1.54, 1.807) is 0 Å². The number of halogens is 2. The summed E-state index contributed by atoms with van der Waals surface area (Å²) < 4.78 is 7.64. The van der Waals surface area contributed by atoms with Gasteiger partial charge in [-0.1, -0.05) is 17.7 Å². The molecule has 6 nitrogen and oxygen atoms in total. The Labute approximate surface area is 165 Å². The van der Waals surface area contributed by atoms with Gasteiger partial charge in [-0.3, -0.25) is 4.98 Å². The van der Waals surface area contributed by atoms with Crippen LogP contribution in [0, 0.1) is 6.92 Å². The second-order valence-corrected chi connectivity index (χ2v) is 6.14. The van der Waals surface area contributed by atoms with Crippen LogP contribution in [0.25, 0.3) is 16.6 Å². The van der Waals surface area contributed by atoms with Gasteiger partial charge >= 0.3 is 0 Å². The van der Waals surface area contributed by atoms with Crippen molar-refractivity contribution in [3.63, 3.8) is 0 Å². The lowest BCUT2D eigenvalue weighted by atomic mass is 10.2. The lowest BCUT2D eigenvalue weighted by Crippen LogP contribution is -2.46. The number of pyridine rings is 1. The fraction of sp³-hybridized carbons (Fsp3) is 0.333. The molecule has 1 unspecified atom stereocenters. The first-order chi connectivity index (χ1) is 11.8. The van der Waals surface area contributed by atoms with Crippen molar-refractivity contribution in [2.24, 2.45) is 5.73 Å². The van der Waals surface area contributed by atoms with Gasteiger partial charge in [0.15, 0.2) is 5.82 Å². The van der Waals surface area contributed by atoms with E-state index in [1.807, 2.05) is 23.1 Å². The molecule has 2 N–H and O–H groups in total. The summed E-state index contributed by atoms with van der Waals surface area (Å²) in [4.78, 5) is 6.54. The van der Waals surface area contributed by atoms with Gasteiger partial charge in [0.05, 0.1) is 30.1 Å². The summed E-state index contributed by atoms with van der Waals surface area (Å²) in [6.07, 6.45) is 3.74. The Morgan fingerprint density at radius 2 is 1.96 bits per heavy atom. The summed E-state index contributed by atoms with van der Waals surface area (Å²) in [6, 6.07) is 10.4. The van der Waals surface area contributed by atoms with Crippen LogP contribution in [0.5, 0.6) is 0 Å². The molecule has 8 heteroatoms. The Kier molecular flexibility index (Phi) is 6.83. The van der Waals surface area contributed by atoms with Gasteiger partial charge < -0.3 is 15.4 Å². The van der Waals surface area contributed by atoms with E-state index >= 15 is 0 Å². The molecule has 0 saturated carbocycles. The Bertz CT molecular complexity index is 852. The molecule has 1 aliphatic rings. The van der Waals surface area contributed by atoms with Gasteiger partial charge in [-0.25, -0.2) is 4.68 Å². The minimum atomic E-state index is 0. The van der Waals surface area contributed by atoms with Gasteiger partial charge in [-0.15, -0.1) is 29.9 Å². The van der Waals surface area contributed by atoms with Gasteiger partial charge in [-0.05, 0) is 25.1 Å². The molecule has 1 aliphatic heterocycles. The number of aryl methyl sites for hydroxylation is 1. The van der Waals surface area contributed by atoms with Crippen LogP contribution in [-0.2, 0) is 4.74 Å². The molecule has 3 aromatic rings. The third-order valence-corrected chi connectivity index (χ3v) is 4.44. The van der Waals surface area contributed by atoms with Crippen LogP contribution >= 0.6 is 24.8 Å². The lowest BCUT2D eigenvalue weighted by Gasteiger charge is -2.32. The zero-order chi connectivity index (χ0) is 16.5. The summed E-state index contributed by atoms with van der Waals surface area (Å²) in [5, 5.41) is 5.99. The Morgan fingerprint density at radius 1 is 1.19 bits per heavy atom. The molecule has 140 valence electrons. The van der Waals surface area contributed by atoms with E-state index < -0.39 is 0 Å². The van der Waals surface area contributed by atoms with Crippen LogP contribution in [0.1, 0.15) is 5.56 Å². The van der Waals surface area contributed by atoms with Crippen molar-refractivity contribution >= 4 is 41.5 Å². The van der Waals surface area contributed by atoms with Gasteiger partial charge in [0.1, 0.15) is 0 Å². The van der Waals surface area contributed by atoms with E-state index in [9.17, 15) is 0 Å². The summed E-state index contributed by atoms with van der Waals surface area (Å²) in [5.41, 5.74) is 9.05. The van der Waals surface area contributed by atoms with Gasteiger partial charge in [0.2, 0.25) is 0 Å². The molecule has 2 aromatic heterocycles. The van der Waals surface area contributed by atoms with Crippen LogP contribution in [0.4, 0.5) is 5.82 Å². The summed E-state index contributed by atoms with van der Waals surface area (Å²) in [7, 11) is 0. The molecule has 0 amide bonds. The highest BCUT2D eigenvalue weighted by atomic mass is 35.5. The molecule has 4 rings (SSSR count). The molecule has 0 aliphatic carbocycles. The minimum absolute atomic E-state index is 0. The van der Waals surface area contributed by atoms with Gasteiger partial charge in [0.25, 0.3) is 0 Å². The van der Waals surface area contributed by atoms with Gasteiger partial charge in [0, 0.05) is 31.2 Å². The summed E-state index contributed by atoms with van der Waals surface area (Å²) in [6.45, 7) is 4.86. The van der Waals surface area contributed by atoms with E-state index in [0.29, 0.717) is 13.2 Å². The molecule has 1 atom stereocenters. The van der Waals surface area contributed by atoms with Crippen molar-refractivity contribution in [2.45, 2.75) is 13.0 Å². The number of nitrogens with two attached hydrogens (primary N) is 1. The fourth-order valence-corrected chi connectivity index (χ4v) is 3.12. The Morgan fingerprint density at radius 3 is 2.69 bits per heavy atom. The summed E-state index contributed by atoms with van der Waals surface area (Å²) >= 11 is 0. The maximum absolute atomic E-state index is 5.78. The Balaban J connectivity index is 0.00000121. The maximum atomic E-state index is 5.78. The minimum Gasteiger partial charge on any atom is -0.373 e. The SMILES string of the molecule is Cc1ccc(-n2nc(N3CCOC(CN)C3)c3ccncc32)cc1.Cl.Cl. The predicted molar refractivity (Wildman–Crippen MR) is 109 cm³/mol. The van der Waals surface area contributed by atoms with Gasteiger partial charge in [-0.2, -0.15) is 0 Å². The highest BCUT2D eigenvalue weighted by Gasteiger charge is 2.24. The number of rotatable bonds is 3. The van der Waals surface area contributed by atoms with Crippen molar-refractivity contribution in [3.8, 4) is 5.69 Å². The van der Waals surface area contributed by atoms with Crippen LogP contribution in [0.15, 0.2) is 42.7 Å². The summed E-state index contributed by atoms with van der Waals surface area (Å²) in [5.74, 6) is 0.967. The van der Waals surface area contributed by atoms with E-state index in [-0.39, 0.29) is 30.9 Å². The third-order valence-electron chi connectivity index (χ3n) is 4.44. The average molecular weight is 396 g/mol. The van der Waals surface area contributed by atoms with E-state index in [4.69, 9.17) is 15.6 Å². The standard InChI is InChI=1S/C18H21N5O.2ClH/c1-13-2-4-14(5-3-13)23-17-11-20-7-6-16(17)18(21-23)22-8-9-24-15(10-19)12-22;;/h2-7,11,15H,8-10,12,19H2,1H3;2*1H. The van der Waals surface area contributed by atoms with Crippen LogP contribution < -0.4 is 10.6 Å². The average Bonchev–Trinajstić information content (AvgIpc) is 3.02. The first-order valence-electron chi connectivity index (χ1n) is 8.22. The Hall–Kier alpha value is -1.86. The number of benzene rings is 1. The van der Waals surface area contributed by atoms with Crippen molar-refractivity contribution < 1.29 is 4.74 Å². The van der Waals surface area contributed by atoms with E-state index in [0.717, 1.165) is 35.5 Å². The maximum Gasteiger partial charge on any atom is 0.159 e. The molecular weight excluding hydrogens is 373 g/mol. The zero-order valence-corrected chi connectivity index (χ0v) is 16.2. The third kappa shape index (κ3) is 3.78. The number of anilines is 1. The number of hydrogen-bond acceptors (Lipinski definition) is 5. The number of morpholine rings is 1. The first kappa shape index (κ1) is 20.5. The molecule has 1 saturated heterocycles.